The summed E-state index contributed by atoms with van der Waals surface area (Å²) in [5.74, 6) is 0. The first-order valence-corrected chi connectivity index (χ1v) is 9.27. The highest BCUT2D eigenvalue weighted by molar-refractivity contribution is 7.94. The molecule has 0 fully saturated rings. The van der Waals surface area contributed by atoms with Crippen LogP contribution in [0.15, 0.2) is 48.5 Å². The Balaban J connectivity index is 1.62. The number of rotatable bonds is 4. The molecule has 132 valence electrons. The topological polar surface area (TPSA) is 81.8 Å². The van der Waals surface area contributed by atoms with E-state index in [0.29, 0.717) is 11.4 Å². The van der Waals surface area contributed by atoms with Crippen LogP contribution in [-0.2, 0) is 10.2 Å². The quantitative estimate of drug-likeness (QED) is 0.878. The van der Waals surface area contributed by atoms with Gasteiger partial charge in [-0.05, 0) is 30.7 Å². The lowest BCUT2D eigenvalue weighted by molar-refractivity contribution is 0.252. The molecule has 0 bridgehead atoms. The normalized spacial score (nSPS) is 15.0. The van der Waals surface area contributed by atoms with Crippen LogP contribution >= 0.6 is 0 Å². The third-order valence-electron chi connectivity index (χ3n) is 4.11. The van der Waals surface area contributed by atoms with Gasteiger partial charge in [0.15, 0.2) is 0 Å². The van der Waals surface area contributed by atoms with Gasteiger partial charge >= 0.3 is 16.2 Å². The minimum Gasteiger partial charge on any atom is -0.336 e. The molecule has 2 N–H and O–H groups in total. The Bertz CT molecular complexity index is 898. The number of hydrogen-bond donors (Lipinski definition) is 2. The van der Waals surface area contributed by atoms with E-state index >= 15 is 0 Å². The molecule has 0 aromatic heterocycles. The van der Waals surface area contributed by atoms with Crippen LogP contribution in [0.2, 0.25) is 0 Å². The highest BCUT2D eigenvalue weighted by Gasteiger charge is 2.37. The number of urea groups is 1. The molecule has 0 aliphatic carbocycles. The predicted molar refractivity (Wildman–Crippen MR) is 99.3 cm³/mol. The van der Waals surface area contributed by atoms with Gasteiger partial charge in [0.05, 0.1) is 17.9 Å². The van der Waals surface area contributed by atoms with Crippen LogP contribution < -0.4 is 19.2 Å². The van der Waals surface area contributed by atoms with E-state index in [2.05, 4.69) is 10.6 Å². The number of carbonyl (C=O) groups excluding carboxylic acids is 1. The van der Waals surface area contributed by atoms with Crippen LogP contribution in [0.25, 0.3) is 0 Å². The fourth-order valence-electron chi connectivity index (χ4n) is 2.72. The summed E-state index contributed by atoms with van der Waals surface area (Å²) >= 11 is 0. The first kappa shape index (κ1) is 17.1. The summed E-state index contributed by atoms with van der Waals surface area (Å²) in [4.78, 5) is 12.0. The Labute approximate surface area is 147 Å². The van der Waals surface area contributed by atoms with Crippen molar-refractivity contribution in [3.8, 4) is 0 Å². The van der Waals surface area contributed by atoms with Gasteiger partial charge in [-0.25, -0.2) is 9.10 Å². The maximum Gasteiger partial charge on any atom is 0.326 e. The molecule has 0 spiro atoms. The van der Waals surface area contributed by atoms with Crippen molar-refractivity contribution in [3.63, 3.8) is 0 Å². The van der Waals surface area contributed by atoms with Crippen LogP contribution in [0.5, 0.6) is 0 Å². The number of nitrogens with one attached hydrogen (secondary N) is 2. The summed E-state index contributed by atoms with van der Waals surface area (Å²) in [6, 6.07) is 14.2. The highest BCUT2D eigenvalue weighted by atomic mass is 32.2. The van der Waals surface area contributed by atoms with Crippen molar-refractivity contribution < 1.29 is 13.2 Å². The zero-order chi connectivity index (χ0) is 18.0. The predicted octanol–water partition coefficient (Wildman–Crippen LogP) is 2.32. The van der Waals surface area contributed by atoms with Crippen LogP contribution in [0, 0.1) is 6.92 Å². The second kappa shape index (κ2) is 6.64. The first-order valence-electron chi connectivity index (χ1n) is 7.87. The molecule has 1 heterocycles. The number of amides is 2. The summed E-state index contributed by atoms with van der Waals surface area (Å²) in [5, 5.41) is 5.45. The molecule has 2 amide bonds. The smallest absolute Gasteiger partial charge is 0.326 e. The Kier molecular flexibility index (Phi) is 4.54. The fourth-order valence-corrected chi connectivity index (χ4v) is 4.15. The molecule has 3 rings (SSSR count). The number of nitrogens with zero attached hydrogens (tertiary/aromatic N) is 2. The van der Waals surface area contributed by atoms with E-state index < -0.39 is 10.2 Å². The van der Waals surface area contributed by atoms with Crippen LogP contribution in [-0.4, -0.2) is 34.6 Å². The summed E-state index contributed by atoms with van der Waals surface area (Å²) in [7, 11) is -2.07. The Morgan fingerprint density at radius 1 is 1.04 bits per heavy atom. The Morgan fingerprint density at radius 2 is 1.68 bits per heavy atom. The van der Waals surface area contributed by atoms with E-state index in [1.165, 1.54) is 15.7 Å². The largest absolute Gasteiger partial charge is 0.336 e. The fraction of sp³-hybridized carbons (Fsp3) is 0.235. The lowest BCUT2D eigenvalue weighted by Gasteiger charge is -2.19. The van der Waals surface area contributed by atoms with Crippen molar-refractivity contribution in [3.05, 3.63) is 54.1 Å². The number of para-hydroxylation sites is 3. The van der Waals surface area contributed by atoms with Crippen molar-refractivity contribution in [2.45, 2.75) is 6.92 Å². The highest BCUT2D eigenvalue weighted by Crippen LogP contribution is 2.38. The standard InChI is InChI=1S/C17H20N4O3S/c1-13-7-3-4-8-14(13)19-17(22)18-11-12-21-16-10-6-5-9-15(16)20(2)25(21,23)24/h3-10H,11-12H2,1-2H3,(H2,18,19,22). The number of fused-ring (bicyclic) bond motifs is 1. The molecular weight excluding hydrogens is 340 g/mol. The van der Waals surface area contributed by atoms with Gasteiger partial charge in [0.25, 0.3) is 0 Å². The van der Waals surface area contributed by atoms with Gasteiger partial charge in [0, 0.05) is 19.3 Å². The van der Waals surface area contributed by atoms with E-state index in [-0.39, 0.29) is 19.1 Å². The van der Waals surface area contributed by atoms with Gasteiger partial charge in [0.2, 0.25) is 0 Å². The van der Waals surface area contributed by atoms with Gasteiger partial charge in [-0.3, -0.25) is 4.31 Å². The van der Waals surface area contributed by atoms with Crippen molar-refractivity contribution in [1.29, 1.82) is 0 Å². The van der Waals surface area contributed by atoms with Gasteiger partial charge < -0.3 is 10.6 Å². The average Bonchev–Trinajstić information content (AvgIpc) is 2.78. The molecule has 0 unspecified atom stereocenters. The molecule has 1 aliphatic heterocycles. The second-order valence-corrected chi connectivity index (χ2v) is 7.62. The maximum atomic E-state index is 12.5. The molecule has 8 heteroatoms. The van der Waals surface area contributed by atoms with Gasteiger partial charge in [-0.15, -0.1) is 0 Å². The van der Waals surface area contributed by atoms with Gasteiger partial charge in [-0.1, -0.05) is 30.3 Å². The molecule has 7 nitrogen and oxygen atoms in total. The molecule has 0 radical (unpaired) electrons. The van der Waals surface area contributed by atoms with E-state index in [0.717, 1.165) is 11.3 Å². The molecule has 0 saturated heterocycles. The SMILES string of the molecule is Cc1ccccc1NC(=O)NCCN1c2ccccc2N(C)S1(=O)=O. The van der Waals surface area contributed by atoms with Crippen molar-refractivity contribution >= 4 is 33.3 Å². The number of carbonyl (C=O) groups is 1. The Hall–Kier alpha value is -2.74. The molecule has 0 atom stereocenters. The monoisotopic (exact) mass is 360 g/mol. The van der Waals surface area contributed by atoms with E-state index in [1.54, 1.807) is 24.3 Å². The summed E-state index contributed by atoms with van der Waals surface area (Å²) in [5.41, 5.74) is 2.92. The minimum absolute atomic E-state index is 0.158. The molecule has 1 aliphatic rings. The first-order chi connectivity index (χ1) is 11.9. The van der Waals surface area contributed by atoms with E-state index in [9.17, 15) is 13.2 Å². The molecular formula is C17H20N4O3S. The lowest BCUT2D eigenvalue weighted by atomic mass is 10.2. The zero-order valence-electron chi connectivity index (χ0n) is 14.1. The van der Waals surface area contributed by atoms with Crippen LogP contribution in [0.1, 0.15) is 5.56 Å². The number of aryl methyl sites for hydroxylation is 1. The Morgan fingerprint density at radius 3 is 2.40 bits per heavy atom. The summed E-state index contributed by atoms with van der Waals surface area (Å²) in [6.45, 7) is 2.25. The zero-order valence-corrected chi connectivity index (χ0v) is 14.9. The number of benzene rings is 2. The van der Waals surface area contributed by atoms with Crippen LogP contribution in [0.4, 0.5) is 21.9 Å². The summed E-state index contributed by atoms with van der Waals surface area (Å²) in [6.07, 6.45) is 0. The number of anilines is 3. The van der Waals surface area contributed by atoms with E-state index in [1.807, 2.05) is 31.2 Å². The average molecular weight is 360 g/mol. The second-order valence-electron chi connectivity index (χ2n) is 5.73. The molecule has 25 heavy (non-hydrogen) atoms. The molecule has 0 saturated carbocycles. The molecule has 2 aromatic rings. The van der Waals surface area contributed by atoms with E-state index in [4.69, 9.17) is 0 Å². The van der Waals surface area contributed by atoms with Gasteiger partial charge in [0.1, 0.15) is 0 Å². The minimum atomic E-state index is -3.59. The van der Waals surface area contributed by atoms with Crippen LogP contribution in [0.3, 0.4) is 0 Å². The van der Waals surface area contributed by atoms with Gasteiger partial charge in [-0.2, -0.15) is 8.42 Å². The third kappa shape index (κ3) is 3.25. The number of hydrogen-bond acceptors (Lipinski definition) is 3. The lowest BCUT2D eigenvalue weighted by Crippen LogP contribution is -2.41. The van der Waals surface area contributed by atoms with Crippen molar-refractivity contribution in [1.82, 2.24) is 5.32 Å². The van der Waals surface area contributed by atoms with Crippen molar-refractivity contribution in [2.75, 3.05) is 34.1 Å². The maximum absolute atomic E-state index is 12.5. The van der Waals surface area contributed by atoms with Crippen molar-refractivity contribution in [2.24, 2.45) is 0 Å². The summed E-state index contributed by atoms with van der Waals surface area (Å²) < 4.78 is 27.5. The molecule has 2 aromatic carbocycles. The third-order valence-corrected chi connectivity index (χ3v) is 5.93.